The summed E-state index contributed by atoms with van der Waals surface area (Å²) in [5.41, 5.74) is 12.9. The molecule has 0 aliphatic carbocycles. The Morgan fingerprint density at radius 3 is 1.42 bits per heavy atom. The van der Waals surface area contributed by atoms with Crippen LogP contribution in [-0.4, -0.2) is 0 Å². The summed E-state index contributed by atoms with van der Waals surface area (Å²) in [5, 5.41) is 7.48. The second-order valence-electron chi connectivity index (χ2n) is 14.2. The van der Waals surface area contributed by atoms with Gasteiger partial charge in [-0.05, 0) is 114 Å². The van der Waals surface area contributed by atoms with Gasteiger partial charge in [-0.15, -0.1) is 0 Å². The van der Waals surface area contributed by atoms with Crippen molar-refractivity contribution in [3.8, 4) is 44.5 Å². The predicted octanol–water partition coefficient (Wildman–Crippen LogP) is 15.3. The first-order valence-corrected chi connectivity index (χ1v) is 18.9. The van der Waals surface area contributed by atoms with Crippen LogP contribution in [0.25, 0.3) is 76.8 Å². The molecule has 0 bridgehead atoms. The molecular formula is C54H37N. The van der Waals surface area contributed by atoms with Gasteiger partial charge in [0.25, 0.3) is 0 Å². The van der Waals surface area contributed by atoms with Crippen molar-refractivity contribution in [3.63, 3.8) is 0 Å². The molecule has 0 saturated heterocycles. The Morgan fingerprint density at radius 2 is 0.709 bits per heavy atom. The minimum absolute atomic E-state index is 1.10. The van der Waals surface area contributed by atoms with Gasteiger partial charge in [0, 0.05) is 16.9 Å². The van der Waals surface area contributed by atoms with E-state index in [0.717, 1.165) is 17.1 Å². The Labute approximate surface area is 322 Å². The van der Waals surface area contributed by atoms with Crippen LogP contribution in [0.2, 0.25) is 0 Å². The van der Waals surface area contributed by atoms with E-state index < -0.39 is 0 Å². The van der Waals surface area contributed by atoms with Crippen molar-refractivity contribution in [1.82, 2.24) is 0 Å². The van der Waals surface area contributed by atoms with E-state index in [9.17, 15) is 0 Å². The second kappa shape index (κ2) is 14.0. The zero-order chi connectivity index (χ0) is 36.6. The SMILES string of the molecule is c1ccc(N(c2ccc(-c3ccc(-c4cccc5ccccc45)cc3)cc2)c2cc(-c3ccc4ccccc4c3)ccc2-c2ccc3ccccc3c2)cc1. The van der Waals surface area contributed by atoms with Gasteiger partial charge in [-0.25, -0.2) is 0 Å². The van der Waals surface area contributed by atoms with E-state index in [1.807, 2.05) is 0 Å². The van der Waals surface area contributed by atoms with Crippen molar-refractivity contribution >= 4 is 49.4 Å². The topological polar surface area (TPSA) is 3.24 Å². The summed E-state index contributed by atoms with van der Waals surface area (Å²) in [6, 6.07) is 81.5. The Hall–Kier alpha value is -7.22. The molecule has 0 aliphatic heterocycles. The highest BCUT2D eigenvalue weighted by Crippen LogP contribution is 2.44. The molecule has 0 aliphatic rings. The highest BCUT2D eigenvalue weighted by atomic mass is 15.1. The van der Waals surface area contributed by atoms with Gasteiger partial charge >= 0.3 is 0 Å². The zero-order valence-corrected chi connectivity index (χ0v) is 30.3. The maximum absolute atomic E-state index is 2.41. The molecule has 0 unspecified atom stereocenters. The molecule has 1 heteroatoms. The maximum atomic E-state index is 2.41. The molecule has 0 heterocycles. The number of hydrogen-bond donors (Lipinski definition) is 0. The van der Waals surface area contributed by atoms with E-state index >= 15 is 0 Å². The van der Waals surface area contributed by atoms with Crippen LogP contribution in [0.15, 0.2) is 224 Å². The van der Waals surface area contributed by atoms with Gasteiger partial charge in [0.05, 0.1) is 5.69 Å². The summed E-state index contributed by atoms with van der Waals surface area (Å²) < 4.78 is 0. The van der Waals surface area contributed by atoms with Crippen molar-refractivity contribution in [2.75, 3.05) is 4.90 Å². The van der Waals surface area contributed by atoms with Crippen molar-refractivity contribution in [1.29, 1.82) is 0 Å². The fourth-order valence-electron chi connectivity index (χ4n) is 7.99. The van der Waals surface area contributed by atoms with Gasteiger partial charge in [-0.3, -0.25) is 0 Å². The third-order valence-electron chi connectivity index (χ3n) is 10.8. The Morgan fingerprint density at radius 1 is 0.236 bits per heavy atom. The van der Waals surface area contributed by atoms with Crippen LogP contribution < -0.4 is 4.90 Å². The van der Waals surface area contributed by atoms with Crippen LogP contribution in [0.1, 0.15) is 0 Å². The zero-order valence-electron chi connectivity index (χ0n) is 30.3. The average molecular weight is 700 g/mol. The molecule has 10 rings (SSSR count). The molecular weight excluding hydrogens is 663 g/mol. The summed E-state index contributed by atoms with van der Waals surface area (Å²) in [5.74, 6) is 0. The van der Waals surface area contributed by atoms with Crippen LogP contribution in [-0.2, 0) is 0 Å². The van der Waals surface area contributed by atoms with Crippen LogP contribution in [0.4, 0.5) is 17.1 Å². The largest absolute Gasteiger partial charge is 0.310 e. The third-order valence-corrected chi connectivity index (χ3v) is 10.8. The first-order chi connectivity index (χ1) is 27.2. The van der Waals surface area contributed by atoms with E-state index in [4.69, 9.17) is 0 Å². The van der Waals surface area contributed by atoms with E-state index in [1.54, 1.807) is 0 Å². The molecule has 0 saturated carbocycles. The summed E-state index contributed by atoms with van der Waals surface area (Å²) in [7, 11) is 0. The summed E-state index contributed by atoms with van der Waals surface area (Å²) in [4.78, 5) is 2.41. The van der Waals surface area contributed by atoms with Gasteiger partial charge in [-0.1, -0.05) is 182 Å². The van der Waals surface area contributed by atoms with E-state index in [1.165, 1.54) is 76.8 Å². The molecule has 10 aromatic rings. The lowest BCUT2D eigenvalue weighted by molar-refractivity contribution is 1.28. The molecule has 55 heavy (non-hydrogen) atoms. The molecule has 0 N–H and O–H groups in total. The number of para-hydroxylation sites is 1. The Bertz CT molecular complexity index is 2950. The molecule has 0 amide bonds. The number of hydrogen-bond acceptors (Lipinski definition) is 1. The molecule has 0 aromatic heterocycles. The highest BCUT2D eigenvalue weighted by molar-refractivity contribution is 5.98. The maximum Gasteiger partial charge on any atom is 0.0546 e. The quantitative estimate of drug-likeness (QED) is 0.160. The molecule has 0 radical (unpaired) electrons. The number of benzene rings is 10. The van der Waals surface area contributed by atoms with Crippen LogP contribution in [0.5, 0.6) is 0 Å². The van der Waals surface area contributed by atoms with Crippen LogP contribution in [0, 0.1) is 0 Å². The first kappa shape index (κ1) is 32.4. The summed E-state index contributed by atoms with van der Waals surface area (Å²) in [6.07, 6.45) is 0. The average Bonchev–Trinajstić information content (AvgIpc) is 3.26. The monoisotopic (exact) mass is 699 g/mol. The summed E-state index contributed by atoms with van der Waals surface area (Å²) in [6.45, 7) is 0. The van der Waals surface area contributed by atoms with Crippen LogP contribution >= 0.6 is 0 Å². The molecule has 0 atom stereocenters. The fraction of sp³-hybridized carbons (Fsp3) is 0. The second-order valence-corrected chi connectivity index (χ2v) is 14.2. The van der Waals surface area contributed by atoms with Crippen molar-refractivity contribution < 1.29 is 0 Å². The van der Waals surface area contributed by atoms with Gasteiger partial charge in [0.15, 0.2) is 0 Å². The van der Waals surface area contributed by atoms with Gasteiger partial charge in [0.2, 0.25) is 0 Å². The van der Waals surface area contributed by atoms with E-state index in [0.29, 0.717) is 0 Å². The van der Waals surface area contributed by atoms with Crippen molar-refractivity contribution in [3.05, 3.63) is 224 Å². The molecule has 0 spiro atoms. The van der Waals surface area contributed by atoms with Crippen molar-refractivity contribution in [2.45, 2.75) is 0 Å². The van der Waals surface area contributed by atoms with Gasteiger partial charge in [-0.2, -0.15) is 0 Å². The van der Waals surface area contributed by atoms with Gasteiger partial charge in [0.1, 0.15) is 0 Å². The number of nitrogens with zero attached hydrogens (tertiary/aromatic N) is 1. The Balaban J connectivity index is 1.08. The molecule has 10 aromatic carbocycles. The van der Waals surface area contributed by atoms with Crippen LogP contribution in [0.3, 0.4) is 0 Å². The molecule has 0 fully saturated rings. The smallest absolute Gasteiger partial charge is 0.0546 e. The van der Waals surface area contributed by atoms with Crippen molar-refractivity contribution in [2.24, 2.45) is 0 Å². The number of anilines is 3. The normalized spacial score (nSPS) is 11.3. The lowest BCUT2D eigenvalue weighted by atomic mass is 9.94. The van der Waals surface area contributed by atoms with Gasteiger partial charge < -0.3 is 4.90 Å². The fourth-order valence-corrected chi connectivity index (χ4v) is 7.99. The predicted molar refractivity (Wildman–Crippen MR) is 235 cm³/mol. The number of fused-ring (bicyclic) bond motifs is 3. The lowest BCUT2D eigenvalue weighted by Crippen LogP contribution is -2.11. The van der Waals surface area contributed by atoms with E-state index in [-0.39, 0.29) is 0 Å². The minimum atomic E-state index is 1.10. The Kier molecular flexibility index (Phi) is 8.24. The molecule has 258 valence electrons. The standard InChI is InChI=1S/C54H37N/c1-2-17-49(18-3-1)55(50-32-29-41(30-33-50)40-21-25-43(26-22-40)52-20-10-16-42-13-8-9-19-51(42)52)54-37-47(46-27-23-38-11-4-6-14-44(38)35-46)31-34-53(54)48-28-24-39-12-5-7-15-45(39)36-48/h1-37H. The minimum Gasteiger partial charge on any atom is -0.310 e. The van der Waals surface area contributed by atoms with E-state index in [2.05, 4.69) is 229 Å². The molecule has 1 nitrogen and oxygen atoms in total. The number of rotatable bonds is 7. The third kappa shape index (κ3) is 6.22. The summed E-state index contributed by atoms with van der Waals surface area (Å²) >= 11 is 0. The lowest BCUT2D eigenvalue weighted by Gasteiger charge is -2.29. The highest BCUT2D eigenvalue weighted by Gasteiger charge is 2.19. The first-order valence-electron chi connectivity index (χ1n) is 18.9.